The van der Waals surface area contributed by atoms with Gasteiger partial charge in [0.05, 0.1) is 19.7 Å². The van der Waals surface area contributed by atoms with Gasteiger partial charge in [-0.3, -0.25) is 0 Å². The SMILES string of the molecule is COc1ccc(-c2noc(COC(=O)c3cc4ccccc4nc3N3CCCC3)n2)cc1OC. The predicted molar refractivity (Wildman–Crippen MR) is 125 cm³/mol. The molecule has 1 aliphatic rings. The maximum absolute atomic E-state index is 13.1. The van der Waals surface area contributed by atoms with Crippen LogP contribution in [0.5, 0.6) is 11.5 Å². The summed E-state index contributed by atoms with van der Waals surface area (Å²) in [7, 11) is 3.12. The van der Waals surface area contributed by atoms with Crippen LogP contribution in [-0.2, 0) is 11.3 Å². The molecule has 3 heterocycles. The first kappa shape index (κ1) is 21.7. The fraction of sp³-hybridized carbons (Fsp3) is 0.280. The van der Waals surface area contributed by atoms with E-state index in [1.54, 1.807) is 32.4 Å². The highest BCUT2D eigenvalue weighted by Gasteiger charge is 2.23. The van der Waals surface area contributed by atoms with Gasteiger partial charge in [0.1, 0.15) is 11.4 Å². The van der Waals surface area contributed by atoms with Crippen LogP contribution < -0.4 is 14.4 Å². The zero-order chi connectivity index (χ0) is 23.5. The van der Waals surface area contributed by atoms with E-state index in [9.17, 15) is 4.79 Å². The molecule has 0 N–H and O–H groups in total. The van der Waals surface area contributed by atoms with Gasteiger partial charge in [0.25, 0.3) is 5.89 Å². The first-order chi connectivity index (χ1) is 16.7. The average molecular weight is 460 g/mol. The highest BCUT2D eigenvalue weighted by molar-refractivity contribution is 5.99. The number of methoxy groups -OCH3 is 2. The van der Waals surface area contributed by atoms with Crippen molar-refractivity contribution >= 4 is 22.7 Å². The maximum atomic E-state index is 13.1. The minimum Gasteiger partial charge on any atom is -0.493 e. The second-order valence-corrected chi connectivity index (χ2v) is 7.90. The summed E-state index contributed by atoms with van der Waals surface area (Å²) in [5.74, 6) is 1.87. The Labute approximate surface area is 196 Å². The molecule has 2 aromatic carbocycles. The van der Waals surface area contributed by atoms with Gasteiger partial charge >= 0.3 is 5.97 Å². The Kier molecular flexibility index (Phi) is 5.99. The molecule has 0 unspecified atom stereocenters. The van der Waals surface area contributed by atoms with Crippen LogP contribution in [0, 0.1) is 0 Å². The lowest BCUT2D eigenvalue weighted by Gasteiger charge is -2.20. The van der Waals surface area contributed by atoms with Crippen molar-refractivity contribution in [1.29, 1.82) is 0 Å². The molecule has 4 aromatic rings. The standard InChI is InChI=1S/C25H24N4O5/c1-31-20-10-9-17(14-21(20)32-2)23-27-22(34-28-23)15-33-25(30)18-13-16-7-3-4-8-19(16)26-24(18)29-11-5-6-12-29/h3-4,7-10,13-14H,5-6,11-12,15H2,1-2H3. The summed E-state index contributed by atoms with van der Waals surface area (Å²) in [5, 5.41) is 4.88. The fourth-order valence-electron chi connectivity index (χ4n) is 4.04. The molecule has 9 heteroatoms. The van der Waals surface area contributed by atoms with Crippen molar-refractivity contribution in [1.82, 2.24) is 15.1 Å². The van der Waals surface area contributed by atoms with Crippen LogP contribution in [-0.4, -0.2) is 48.4 Å². The first-order valence-corrected chi connectivity index (χ1v) is 11.0. The number of ether oxygens (including phenoxy) is 3. The minimum atomic E-state index is -0.481. The number of pyridine rings is 1. The smallest absolute Gasteiger partial charge is 0.342 e. The number of hydrogen-bond donors (Lipinski definition) is 0. The Morgan fingerprint density at radius 2 is 1.79 bits per heavy atom. The van der Waals surface area contributed by atoms with E-state index in [1.807, 2.05) is 30.3 Å². The number of nitrogens with zero attached hydrogens (tertiary/aromatic N) is 4. The van der Waals surface area contributed by atoms with Crippen molar-refractivity contribution < 1.29 is 23.5 Å². The molecule has 0 spiro atoms. The van der Waals surface area contributed by atoms with Gasteiger partial charge in [-0.15, -0.1) is 0 Å². The highest BCUT2D eigenvalue weighted by atomic mass is 16.6. The van der Waals surface area contributed by atoms with E-state index in [4.69, 9.17) is 23.7 Å². The maximum Gasteiger partial charge on any atom is 0.342 e. The number of rotatable bonds is 7. The van der Waals surface area contributed by atoms with Gasteiger partial charge in [0.2, 0.25) is 5.82 Å². The average Bonchev–Trinajstić information content (AvgIpc) is 3.59. The van der Waals surface area contributed by atoms with Crippen LogP contribution in [0.25, 0.3) is 22.3 Å². The number of fused-ring (bicyclic) bond motifs is 1. The van der Waals surface area contributed by atoms with Crippen LogP contribution in [0.2, 0.25) is 0 Å². The van der Waals surface area contributed by atoms with E-state index in [1.165, 1.54) is 0 Å². The second-order valence-electron chi connectivity index (χ2n) is 7.90. The van der Waals surface area contributed by atoms with Gasteiger partial charge in [0.15, 0.2) is 18.1 Å². The molecule has 9 nitrogen and oxygen atoms in total. The van der Waals surface area contributed by atoms with Gasteiger partial charge < -0.3 is 23.6 Å². The van der Waals surface area contributed by atoms with Crippen LogP contribution in [0.4, 0.5) is 5.82 Å². The summed E-state index contributed by atoms with van der Waals surface area (Å²) >= 11 is 0. The van der Waals surface area contributed by atoms with E-state index in [0.717, 1.165) is 36.8 Å². The van der Waals surface area contributed by atoms with Crippen LogP contribution >= 0.6 is 0 Å². The Balaban J connectivity index is 1.35. The third-order valence-electron chi connectivity index (χ3n) is 5.77. The zero-order valence-electron chi connectivity index (χ0n) is 19.0. The van der Waals surface area contributed by atoms with Gasteiger partial charge in [-0.1, -0.05) is 23.4 Å². The fourth-order valence-corrected chi connectivity index (χ4v) is 4.04. The molecule has 0 aliphatic carbocycles. The lowest BCUT2D eigenvalue weighted by atomic mass is 10.1. The first-order valence-electron chi connectivity index (χ1n) is 11.0. The number of esters is 1. The van der Waals surface area contributed by atoms with Crippen LogP contribution in [0.3, 0.4) is 0 Å². The van der Waals surface area contributed by atoms with Crippen molar-refractivity contribution in [3.05, 3.63) is 60.0 Å². The molecule has 1 saturated heterocycles. The van der Waals surface area contributed by atoms with Gasteiger partial charge in [-0.05, 0) is 43.2 Å². The number of para-hydroxylation sites is 1. The molecule has 1 fully saturated rings. The lowest BCUT2D eigenvalue weighted by molar-refractivity contribution is 0.0430. The largest absolute Gasteiger partial charge is 0.493 e. The quantitative estimate of drug-likeness (QED) is 0.375. The van der Waals surface area contributed by atoms with Gasteiger partial charge in [0, 0.05) is 24.0 Å². The molecule has 0 radical (unpaired) electrons. The zero-order valence-corrected chi connectivity index (χ0v) is 19.0. The summed E-state index contributed by atoms with van der Waals surface area (Å²) < 4.78 is 21.4. The highest BCUT2D eigenvalue weighted by Crippen LogP contribution is 2.31. The Morgan fingerprint density at radius 3 is 2.59 bits per heavy atom. The molecule has 1 aliphatic heterocycles. The molecule has 0 amide bonds. The Hall–Kier alpha value is -4.14. The van der Waals surface area contributed by atoms with E-state index in [2.05, 4.69) is 15.0 Å². The molecule has 0 atom stereocenters. The Morgan fingerprint density at radius 1 is 1.00 bits per heavy atom. The molecule has 5 rings (SSSR count). The molecule has 174 valence electrons. The lowest BCUT2D eigenvalue weighted by Crippen LogP contribution is -2.23. The van der Waals surface area contributed by atoms with Crippen LogP contribution in [0.1, 0.15) is 29.1 Å². The number of carbonyl (C=O) groups excluding carboxylic acids is 1. The molecular formula is C25H24N4O5. The van der Waals surface area contributed by atoms with E-state index in [-0.39, 0.29) is 12.5 Å². The van der Waals surface area contributed by atoms with Crippen molar-refractivity contribution in [3.8, 4) is 22.9 Å². The summed E-state index contributed by atoms with van der Waals surface area (Å²) in [5.41, 5.74) is 1.96. The normalized spacial score (nSPS) is 13.3. The molecule has 2 aromatic heterocycles. The van der Waals surface area contributed by atoms with E-state index < -0.39 is 5.97 Å². The second kappa shape index (κ2) is 9.38. The minimum absolute atomic E-state index is 0.147. The summed E-state index contributed by atoms with van der Waals surface area (Å²) in [6.45, 7) is 1.58. The summed E-state index contributed by atoms with van der Waals surface area (Å²) in [6.07, 6.45) is 2.15. The Bertz CT molecular complexity index is 1330. The van der Waals surface area contributed by atoms with Gasteiger partial charge in [-0.2, -0.15) is 4.98 Å². The molecule has 0 saturated carbocycles. The molecule has 34 heavy (non-hydrogen) atoms. The van der Waals surface area contributed by atoms with Crippen molar-refractivity contribution in [2.75, 3.05) is 32.2 Å². The number of benzene rings is 2. The number of hydrogen-bond acceptors (Lipinski definition) is 9. The third kappa shape index (κ3) is 4.24. The molecule has 0 bridgehead atoms. The van der Waals surface area contributed by atoms with Crippen molar-refractivity contribution in [2.24, 2.45) is 0 Å². The third-order valence-corrected chi connectivity index (χ3v) is 5.77. The van der Waals surface area contributed by atoms with Crippen molar-refractivity contribution in [3.63, 3.8) is 0 Å². The van der Waals surface area contributed by atoms with Crippen molar-refractivity contribution in [2.45, 2.75) is 19.4 Å². The number of anilines is 1. The number of carbonyl (C=O) groups is 1. The topological polar surface area (TPSA) is 99.8 Å². The monoisotopic (exact) mass is 460 g/mol. The number of aromatic nitrogens is 3. The van der Waals surface area contributed by atoms with Gasteiger partial charge in [-0.25, -0.2) is 9.78 Å². The molecular weight excluding hydrogens is 436 g/mol. The summed E-state index contributed by atoms with van der Waals surface area (Å²) in [6, 6.07) is 14.9. The predicted octanol–water partition coefficient (Wildman–Crippen LogP) is 4.26. The van der Waals surface area contributed by atoms with E-state index in [0.29, 0.717) is 34.3 Å². The summed E-state index contributed by atoms with van der Waals surface area (Å²) in [4.78, 5) is 24.3. The van der Waals surface area contributed by atoms with Crippen LogP contribution in [0.15, 0.2) is 53.1 Å². The van der Waals surface area contributed by atoms with E-state index >= 15 is 0 Å².